The summed E-state index contributed by atoms with van der Waals surface area (Å²) in [6.07, 6.45) is 10.7. The number of nitrogens with zero attached hydrogens (tertiary/aromatic N) is 4. The molecule has 1 aromatic rings. The molecule has 0 spiro atoms. The highest BCUT2D eigenvalue weighted by Crippen LogP contribution is 2.43. The van der Waals surface area contributed by atoms with Crippen LogP contribution in [0.5, 0.6) is 0 Å². The maximum Gasteiger partial charge on any atom is 0.253 e. The molecule has 1 aromatic carbocycles. The molecule has 4 rings (SSSR count). The molecule has 1 amide bonds. The van der Waals surface area contributed by atoms with Crippen molar-refractivity contribution in [2.45, 2.75) is 45.6 Å². The molecule has 1 saturated heterocycles. The van der Waals surface area contributed by atoms with Crippen LogP contribution in [-0.4, -0.2) is 74.1 Å². The lowest BCUT2D eigenvalue weighted by Gasteiger charge is -2.28. The number of likely N-dealkylation sites (tertiary alicyclic amines) is 1. The summed E-state index contributed by atoms with van der Waals surface area (Å²) in [6, 6.07) is 8.53. The molecule has 1 saturated carbocycles. The fourth-order valence-electron chi connectivity index (χ4n) is 4.81. The van der Waals surface area contributed by atoms with Gasteiger partial charge in [-0.05, 0) is 88.0 Å². The fourth-order valence-corrected chi connectivity index (χ4v) is 4.81. The number of benzene rings is 1. The van der Waals surface area contributed by atoms with Gasteiger partial charge in [0.25, 0.3) is 5.91 Å². The number of hydrogen-bond acceptors (Lipinski definition) is 4. The molecular weight excluding hydrogens is 422 g/mol. The molecule has 1 N–H and O–H groups in total. The maximum atomic E-state index is 13.0. The van der Waals surface area contributed by atoms with E-state index in [1.54, 1.807) is 0 Å². The van der Waals surface area contributed by atoms with Crippen LogP contribution in [0.1, 0.15) is 55.5 Å². The molecule has 6 heteroatoms. The number of allylic oxidation sites excluding steroid dienone is 2. The van der Waals surface area contributed by atoms with Crippen LogP contribution in [0.2, 0.25) is 0 Å². The van der Waals surface area contributed by atoms with Crippen molar-refractivity contribution in [3.8, 4) is 0 Å². The van der Waals surface area contributed by atoms with Gasteiger partial charge < -0.3 is 15.1 Å². The van der Waals surface area contributed by atoms with Crippen LogP contribution >= 0.6 is 0 Å². The summed E-state index contributed by atoms with van der Waals surface area (Å²) in [5.41, 5.74) is 3.95. The lowest BCUT2D eigenvalue weighted by Crippen LogP contribution is -2.34. The van der Waals surface area contributed by atoms with Crippen LogP contribution < -0.4 is 5.32 Å². The van der Waals surface area contributed by atoms with Gasteiger partial charge in [0.05, 0.1) is 5.71 Å². The summed E-state index contributed by atoms with van der Waals surface area (Å²) in [5, 5.41) is 3.44. The average molecular weight is 462 g/mol. The van der Waals surface area contributed by atoms with Gasteiger partial charge in [-0.25, -0.2) is 0 Å². The molecule has 2 atom stereocenters. The molecule has 1 aliphatic carbocycles. The van der Waals surface area contributed by atoms with Crippen molar-refractivity contribution in [3.63, 3.8) is 0 Å². The number of nitrogens with one attached hydrogen (secondary N) is 1. The monoisotopic (exact) mass is 461 g/mol. The Balaban J connectivity index is 1.43. The van der Waals surface area contributed by atoms with Crippen LogP contribution in [0, 0.1) is 11.3 Å². The average Bonchev–Trinajstić information content (AvgIpc) is 3.43. The van der Waals surface area contributed by atoms with E-state index in [1.165, 1.54) is 18.4 Å². The van der Waals surface area contributed by atoms with E-state index in [4.69, 9.17) is 4.99 Å². The van der Waals surface area contributed by atoms with Gasteiger partial charge in [-0.2, -0.15) is 0 Å². The molecule has 0 aromatic heterocycles. The number of carbonyl (C=O) groups is 1. The first kappa shape index (κ1) is 24.4. The van der Waals surface area contributed by atoms with E-state index in [9.17, 15) is 4.79 Å². The van der Waals surface area contributed by atoms with E-state index in [-0.39, 0.29) is 11.3 Å². The Morgan fingerprint density at radius 2 is 2.00 bits per heavy atom. The van der Waals surface area contributed by atoms with Crippen LogP contribution in [-0.2, 0) is 0 Å². The first-order chi connectivity index (χ1) is 16.4. The van der Waals surface area contributed by atoms with E-state index in [0.717, 1.165) is 61.1 Å². The molecule has 0 bridgehead atoms. The van der Waals surface area contributed by atoms with E-state index >= 15 is 0 Å². The summed E-state index contributed by atoms with van der Waals surface area (Å²) in [4.78, 5) is 26.3. The second-order valence-corrected chi connectivity index (χ2v) is 10.2. The molecule has 3 aliphatic rings. The largest absolute Gasteiger partial charge is 0.370 e. The van der Waals surface area contributed by atoms with Gasteiger partial charge in [0.2, 0.25) is 0 Å². The van der Waals surface area contributed by atoms with E-state index in [1.807, 2.05) is 36.4 Å². The Morgan fingerprint density at radius 1 is 1.26 bits per heavy atom. The van der Waals surface area contributed by atoms with Gasteiger partial charge in [-0.3, -0.25) is 14.8 Å². The Labute approximate surface area is 204 Å². The summed E-state index contributed by atoms with van der Waals surface area (Å²) in [5.74, 6) is 1.83. The van der Waals surface area contributed by atoms with E-state index in [0.29, 0.717) is 6.04 Å². The highest BCUT2D eigenvalue weighted by atomic mass is 16.2. The molecule has 2 heterocycles. The van der Waals surface area contributed by atoms with Crippen LogP contribution in [0.15, 0.2) is 52.6 Å². The second kappa shape index (κ2) is 10.3. The van der Waals surface area contributed by atoms with Crippen LogP contribution in [0.4, 0.5) is 0 Å². The second-order valence-electron chi connectivity index (χ2n) is 10.2. The Hall–Kier alpha value is -2.73. The highest BCUT2D eigenvalue weighted by molar-refractivity contribution is 6.13. The van der Waals surface area contributed by atoms with Gasteiger partial charge in [-0.15, -0.1) is 0 Å². The van der Waals surface area contributed by atoms with Gasteiger partial charge in [0.15, 0.2) is 0 Å². The number of hydrogen-bond donors (Lipinski definition) is 1. The Kier molecular flexibility index (Phi) is 7.36. The van der Waals surface area contributed by atoms with Crippen molar-refractivity contribution in [1.82, 2.24) is 15.1 Å². The summed E-state index contributed by atoms with van der Waals surface area (Å²) in [7, 11) is 5.99. The SMILES string of the molecule is CCC1(C)C(c2ccc(C(=O)N3CCC(N(C)C)C3)cc2)=CN=C1/C=C\C(=NC)NCC1CC1. The van der Waals surface area contributed by atoms with Gasteiger partial charge in [-0.1, -0.05) is 19.1 Å². The predicted octanol–water partition coefficient (Wildman–Crippen LogP) is 4.26. The zero-order chi connectivity index (χ0) is 24.3. The molecule has 6 nitrogen and oxygen atoms in total. The first-order valence-electron chi connectivity index (χ1n) is 12.6. The highest BCUT2D eigenvalue weighted by Gasteiger charge is 2.36. The molecule has 2 aliphatic heterocycles. The molecule has 0 radical (unpaired) electrons. The molecular formula is C28H39N5O. The molecule has 182 valence electrons. The number of rotatable bonds is 8. The minimum Gasteiger partial charge on any atom is -0.370 e. The van der Waals surface area contributed by atoms with Crippen molar-refractivity contribution in [3.05, 3.63) is 53.7 Å². The summed E-state index contributed by atoms with van der Waals surface area (Å²) < 4.78 is 0. The first-order valence-corrected chi connectivity index (χ1v) is 12.6. The number of amides is 1. The molecule has 34 heavy (non-hydrogen) atoms. The Bertz CT molecular complexity index is 1020. The smallest absolute Gasteiger partial charge is 0.253 e. The standard InChI is InChI=1S/C28H39N5O/c1-6-28(2)24(18-30-25(28)13-14-26(29-3)31-17-20-7-8-20)21-9-11-22(12-10-21)27(34)33-16-15-23(19-33)32(4)5/h9-14,18,20,23H,6-8,15-17,19H2,1-5H3,(H,29,31)/b14-13-. The van der Waals surface area contributed by atoms with Crippen molar-refractivity contribution in [2.24, 2.45) is 21.3 Å². The third kappa shape index (κ3) is 5.17. The van der Waals surface area contributed by atoms with Crippen molar-refractivity contribution < 1.29 is 4.79 Å². The lowest BCUT2D eigenvalue weighted by atomic mass is 9.74. The van der Waals surface area contributed by atoms with Gasteiger partial charge in [0, 0.05) is 49.9 Å². The third-order valence-electron chi connectivity index (χ3n) is 7.73. The fraction of sp³-hybridized carbons (Fsp3) is 0.536. The maximum absolute atomic E-state index is 13.0. The minimum absolute atomic E-state index is 0.125. The molecule has 2 unspecified atom stereocenters. The number of likely N-dealkylation sites (N-methyl/N-ethyl adjacent to an activating group) is 1. The van der Waals surface area contributed by atoms with Crippen molar-refractivity contribution >= 4 is 23.0 Å². The Morgan fingerprint density at radius 3 is 2.59 bits per heavy atom. The van der Waals surface area contributed by atoms with E-state index in [2.05, 4.69) is 61.4 Å². The summed E-state index contributed by atoms with van der Waals surface area (Å²) in [6.45, 7) is 7.07. The number of carbonyl (C=O) groups excluding carboxylic acids is 1. The van der Waals surface area contributed by atoms with Crippen molar-refractivity contribution in [2.75, 3.05) is 40.8 Å². The lowest BCUT2D eigenvalue weighted by molar-refractivity contribution is 0.0783. The zero-order valence-corrected chi connectivity index (χ0v) is 21.3. The quantitative estimate of drug-likeness (QED) is 0.465. The number of amidine groups is 1. The zero-order valence-electron chi connectivity index (χ0n) is 21.3. The van der Waals surface area contributed by atoms with Gasteiger partial charge in [0.1, 0.15) is 5.84 Å². The van der Waals surface area contributed by atoms with Crippen molar-refractivity contribution in [1.29, 1.82) is 0 Å². The normalized spacial score (nSPS) is 25.3. The topological polar surface area (TPSA) is 60.3 Å². The predicted molar refractivity (Wildman–Crippen MR) is 141 cm³/mol. The van der Waals surface area contributed by atoms with Gasteiger partial charge >= 0.3 is 0 Å². The third-order valence-corrected chi connectivity index (χ3v) is 7.73. The van der Waals surface area contributed by atoms with E-state index < -0.39 is 0 Å². The molecule has 2 fully saturated rings. The van der Waals surface area contributed by atoms with Crippen LogP contribution in [0.3, 0.4) is 0 Å². The summed E-state index contributed by atoms with van der Waals surface area (Å²) >= 11 is 0. The number of aliphatic imine (C=N–C) groups is 2. The minimum atomic E-state index is -0.175. The van der Waals surface area contributed by atoms with Crippen LogP contribution in [0.25, 0.3) is 5.57 Å².